The smallest absolute Gasteiger partial charge is 0.161 e. The highest BCUT2D eigenvalue weighted by Gasteiger charge is 2.13. The van der Waals surface area contributed by atoms with Crippen LogP contribution in [0.3, 0.4) is 0 Å². The lowest BCUT2D eigenvalue weighted by Gasteiger charge is -2.20. The van der Waals surface area contributed by atoms with Gasteiger partial charge in [0.1, 0.15) is 6.10 Å². The van der Waals surface area contributed by atoms with Crippen molar-refractivity contribution in [3.05, 3.63) is 23.8 Å². The highest BCUT2D eigenvalue weighted by Crippen LogP contribution is 2.29. The van der Waals surface area contributed by atoms with Crippen molar-refractivity contribution in [2.45, 2.75) is 26.4 Å². The summed E-state index contributed by atoms with van der Waals surface area (Å²) < 4.78 is 16.5. The van der Waals surface area contributed by atoms with Crippen LogP contribution in [0.15, 0.2) is 18.2 Å². The molecule has 0 fully saturated rings. The van der Waals surface area contributed by atoms with Gasteiger partial charge in [-0.25, -0.2) is 0 Å². The molecule has 0 saturated heterocycles. The van der Waals surface area contributed by atoms with Crippen LogP contribution >= 0.6 is 0 Å². The number of aryl methyl sites for hydroxylation is 1. The first-order valence-electron chi connectivity index (χ1n) is 6.78. The minimum Gasteiger partial charge on any atom is -0.493 e. The van der Waals surface area contributed by atoms with E-state index in [0.717, 1.165) is 31.0 Å². The Kier molecular flexibility index (Phi) is 7.30. The van der Waals surface area contributed by atoms with Crippen molar-refractivity contribution < 1.29 is 14.2 Å². The zero-order chi connectivity index (χ0) is 14.1. The standard InChI is InChI=1S/C15H25NO3/c1-5-12-7-8-14(15(9-12)18-4)19-13(11-17-3)10-16-6-2/h7-9,13,16H,5-6,10-11H2,1-4H3. The van der Waals surface area contributed by atoms with E-state index in [4.69, 9.17) is 14.2 Å². The maximum absolute atomic E-state index is 5.97. The molecule has 1 N–H and O–H groups in total. The van der Waals surface area contributed by atoms with E-state index in [0.29, 0.717) is 6.61 Å². The molecule has 0 bridgehead atoms. The largest absolute Gasteiger partial charge is 0.493 e. The van der Waals surface area contributed by atoms with Gasteiger partial charge in [0.05, 0.1) is 13.7 Å². The second-order valence-electron chi connectivity index (χ2n) is 4.34. The van der Waals surface area contributed by atoms with Gasteiger partial charge < -0.3 is 19.5 Å². The van der Waals surface area contributed by atoms with Crippen LogP contribution in [-0.2, 0) is 11.2 Å². The van der Waals surface area contributed by atoms with Gasteiger partial charge in [0.25, 0.3) is 0 Å². The van der Waals surface area contributed by atoms with Gasteiger partial charge in [-0.15, -0.1) is 0 Å². The monoisotopic (exact) mass is 267 g/mol. The maximum Gasteiger partial charge on any atom is 0.161 e. The van der Waals surface area contributed by atoms with Crippen LogP contribution in [0.25, 0.3) is 0 Å². The van der Waals surface area contributed by atoms with Crippen LogP contribution in [-0.4, -0.2) is 40.0 Å². The zero-order valence-electron chi connectivity index (χ0n) is 12.4. The zero-order valence-corrected chi connectivity index (χ0v) is 12.4. The summed E-state index contributed by atoms with van der Waals surface area (Å²) in [6.45, 7) is 6.40. The number of nitrogens with one attached hydrogen (secondary N) is 1. The second-order valence-corrected chi connectivity index (χ2v) is 4.34. The number of methoxy groups -OCH3 is 2. The molecule has 0 aliphatic heterocycles. The molecule has 0 spiro atoms. The van der Waals surface area contributed by atoms with Crippen molar-refractivity contribution in [3.63, 3.8) is 0 Å². The normalized spacial score (nSPS) is 12.2. The molecular formula is C15H25NO3. The number of likely N-dealkylation sites (N-methyl/N-ethyl adjacent to an activating group) is 1. The summed E-state index contributed by atoms with van der Waals surface area (Å²) in [7, 11) is 3.34. The molecule has 4 nitrogen and oxygen atoms in total. The van der Waals surface area contributed by atoms with Crippen LogP contribution in [0.5, 0.6) is 11.5 Å². The Morgan fingerprint density at radius 2 is 1.95 bits per heavy atom. The summed E-state index contributed by atoms with van der Waals surface area (Å²) in [5.74, 6) is 1.54. The molecule has 0 amide bonds. The van der Waals surface area contributed by atoms with Gasteiger partial charge in [-0.2, -0.15) is 0 Å². The number of hydrogen-bond donors (Lipinski definition) is 1. The third kappa shape index (κ3) is 5.09. The Morgan fingerprint density at radius 3 is 2.53 bits per heavy atom. The molecule has 1 unspecified atom stereocenters. The molecule has 1 aromatic carbocycles. The van der Waals surface area contributed by atoms with E-state index in [2.05, 4.69) is 25.2 Å². The molecule has 0 aromatic heterocycles. The number of benzene rings is 1. The average Bonchev–Trinajstić information content (AvgIpc) is 2.45. The van der Waals surface area contributed by atoms with Crippen LogP contribution in [0, 0.1) is 0 Å². The first-order valence-corrected chi connectivity index (χ1v) is 6.78. The Bertz CT molecular complexity index is 368. The molecule has 1 rings (SSSR count). The molecule has 0 radical (unpaired) electrons. The molecule has 4 heteroatoms. The van der Waals surface area contributed by atoms with Gasteiger partial charge in [0.15, 0.2) is 11.5 Å². The lowest BCUT2D eigenvalue weighted by molar-refractivity contribution is 0.0789. The third-order valence-electron chi connectivity index (χ3n) is 2.90. The van der Waals surface area contributed by atoms with Crippen molar-refractivity contribution in [2.75, 3.05) is 33.9 Å². The summed E-state index contributed by atoms with van der Waals surface area (Å²) in [5.41, 5.74) is 1.24. The first kappa shape index (κ1) is 15.8. The Hall–Kier alpha value is -1.26. The van der Waals surface area contributed by atoms with E-state index in [9.17, 15) is 0 Å². The van der Waals surface area contributed by atoms with Crippen molar-refractivity contribution in [3.8, 4) is 11.5 Å². The molecule has 108 valence electrons. The Balaban J connectivity index is 2.76. The van der Waals surface area contributed by atoms with E-state index in [1.54, 1.807) is 14.2 Å². The minimum atomic E-state index is -0.0219. The lowest BCUT2D eigenvalue weighted by Crippen LogP contribution is -2.34. The minimum absolute atomic E-state index is 0.0219. The molecule has 0 heterocycles. The Labute approximate surface area is 116 Å². The average molecular weight is 267 g/mol. The summed E-state index contributed by atoms with van der Waals surface area (Å²) in [4.78, 5) is 0. The second kappa shape index (κ2) is 8.77. The molecule has 0 saturated carbocycles. The predicted octanol–water partition coefficient (Wildman–Crippen LogP) is 2.26. The highest BCUT2D eigenvalue weighted by atomic mass is 16.5. The third-order valence-corrected chi connectivity index (χ3v) is 2.90. The molecule has 0 aliphatic carbocycles. The Morgan fingerprint density at radius 1 is 1.16 bits per heavy atom. The topological polar surface area (TPSA) is 39.7 Å². The van der Waals surface area contributed by atoms with Gasteiger partial charge in [0.2, 0.25) is 0 Å². The summed E-state index contributed by atoms with van der Waals surface area (Å²) in [6, 6.07) is 6.05. The van der Waals surface area contributed by atoms with Crippen LogP contribution in [0.2, 0.25) is 0 Å². The number of rotatable bonds is 9. The van der Waals surface area contributed by atoms with Crippen molar-refractivity contribution in [2.24, 2.45) is 0 Å². The van der Waals surface area contributed by atoms with Gasteiger partial charge in [-0.1, -0.05) is 19.9 Å². The predicted molar refractivity (Wildman–Crippen MR) is 77.2 cm³/mol. The van der Waals surface area contributed by atoms with E-state index in [-0.39, 0.29) is 6.10 Å². The first-order chi connectivity index (χ1) is 9.24. The number of hydrogen-bond acceptors (Lipinski definition) is 4. The van der Waals surface area contributed by atoms with Crippen molar-refractivity contribution in [1.82, 2.24) is 5.32 Å². The quantitative estimate of drug-likeness (QED) is 0.745. The van der Waals surface area contributed by atoms with Crippen LogP contribution in [0.1, 0.15) is 19.4 Å². The number of ether oxygens (including phenoxy) is 3. The summed E-state index contributed by atoms with van der Waals surface area (Å²) in [5, 5.41) is 3.27. The fourth-order valence-corrected chi connectivity index (χ4v) is 1.83. The fourth-order valence-electron chi connectivity index (χ4n) is 1.83. The van der Waals surface area contributed by atoms with Gasteiger partial charge in [-0.05, 0) is 30.7 Å². The van der Waals surface area contributed by atoms with Gasteiger partial charge in [0, 0.05) is 13.7 Å². The van der Waals surface area contributed by atoms with Crippen LogP contribution < -0.4 is 14.8 Å². The van der Waals surface area contributed by atoms with E-state index in [1.807, 2.05) is 12.1 Å². The summed E-state index contributed by atoms with van der Waals surface area (Å²) in [6.07, 6.45) is 0.960. The van der Waals surface area contributed by atoms with E-state index in [1.165, 1.54) is 5.56 Å². The van der Waals surface area contributed by atoms with Gasteiger partial charge >= 0.3 is 0 Å². The maximum atomic E-state index is 5.97. The van der Waals surface area contributed by atoms with Crippen molar-refractivity contribution in [1.29, 1.82) is 0 Å². The van der Waals surface area contributed by atoms with E-state index >= 15 is 0 Å². The van der Waals surface area contributed by atoms with Gasteiger partial charge in [-0.3, -0.25) is 0 Å². The molecule has 1 aromatic rings. The lowest BCUT2D eigenvalue weighted by atomic mass is 10.1. The molecule has 19 heavy (non-hydrogen) atoms. The molecule has 1 atom stereocenters. The molecular weight excluding hydrogens is 242 g/mol. The fraction of sp³-hybridized carbons (Fsp3) is 0.600. The summed E-state index contributed by atoms with van der Waals surface area (Å²) >= 11 is 0. The highest BCUT2D eigenvalue weighted by molar-refractivity contribution is 5.43. The SMILES string of the molecule is CCNCC(COC)Oc1ccc(CC)cc1OC. The van der Waals surface area contributed by atoms with Crippen LogP contribution in [0.4, 0.5) is 0 Å². The van der Waals surface area contributed by atoms with E-state index < -0.39 is 0 Å². The van der Waals surface area contributed by atoms with Crippen molar-refractivity contribution >= 4 is 0 Å². The molecule has 0 aliphatic rings.